The van der Waals surface area contributed by atoms with Crippen LogP contribution in [0.15, 0.2) is 82.3 Å². The first kappa shape index (κ1) is 47.1. The van der Waals surface area contributed by atoms with Gasteiger partial charge in [0.1, 0.15) is 47.6 Å². The summed E-state index contributed by atoms with van der Waals surface area (Å²) in [6.45, 7) is 1.38. The van der Waals surface area contributed by atoms with E-state index in [1.165, 1.54) is 56.6 Å². The number of aromatic nitrogens is 2. The van der Waals surface area contributed by atoms with Gasteiger partial charge in [0.15, 0.2) is 0 Å². The molecule has 0 saturated carbocycles. The number of aromatic amines is 1. The van der Waals surface area contributed by atoms with Crippen LogP contribution in [0, 0.1) is 0 Å². The van der Waals surface area contributed by atoms with Gasteiger partial charge in [0.05, 0.1) is 12.1 Å². The number of phenolic OH excluding ortho intramolecular Hbond substituents is 2. The molecule has 3 aromatic rings. The van der Waals surface area contributed by atoms with Crippen molar-refractivity contribution in [3.8, 4) is 11.5 Å². The second-order valence-corrected chi connectivity index (χ2v) is 15.7. The monoisotopic (exact) mass is 872 g/mol. The second-order valence-electron chi connectivity index (χ2n) is 14.2. The number of aliphatic hydroxyl groups excluding tert-OH is 2. The molecule has 0 aliphatic carbocycles. The molecule has 12 N–H and O–H groups in total. The number of benzene rings is 2. The number of likely N-dealkylation sites (N-methyl/N-ethyl adjacent to an activating group) is 1. The van der Waals surface area contributed by atoms with Gasteiger partial charge in [0, 0.05) is 54.7 Å². The number of nitrogens with one attached hydrogen (secondary N) is 5. The van der Waals surface area contributed by atoms with Crippen LogP contribution in [0.1, 0.15) is 30.7 Å². The molecule has 61 heavy (non-hydrogen) atoms. The average molecular weight is 873 g/mol. The van der Waals surface area contributed by atoms with Crippen LogP contribution in [-0.4, -0.2) is 135 Å². The Kier molecular flexibility index (Phi) is 16.3. The summed E-state index contributed by atoms with van der Waals surface area (Å²) in [6, 6.07) is 4.36. The SMILES string of the molecule is C[C@@H]([C@H](NC(=O)[C@H](CCS(C)=O)NC(=O)N[C@@H](Cc1cccc(O)c1)C(=O)O)C(=O)N/C=C1\O[C@@H](n2ccc(=O)[nH]c2=O)[C@H](O)[C@@H]1O)N(C)C(=O)[C@@H](N)Cc1cccc(O)c1. The standard InChI is InChI=1S/C38H48N8O14S/c1-19(45(2)34(54)24(39)16-20-6-4-8-22(47)14-20)29(33(53)40-18-27-30(50)31(51)35(60-27)46-12-10-28(49)43-38(46)58)44-32(52)25(11-13-61(3)59)41-37(57)42-26(36(55)56)17-21-7-5-9-23(48)15-21/h4-10,12,14-15,18-19,24-26,29-31,35,47-48,50-51H,11,13,16-17,39H2,1-3H3,(H,40,53)(H,44,52)(H,55,56)(H2,41,42,57)(H,43,49,58)/b27-18-/t19-,24-,25-,26-,29-,30+,31+,35+,61?/m0/s1. The van der Waals surface area contributed by atoms with E-state index < -0.39 is 106 Å². The maximum Gasteiger partial charge on any atom is 0.331 e. The first-order chi connectivity index (χ1) is 28.7. The Labute approximate surface area is 349 Å². The van der Waals surface area contributed by atoms with E-state index in [2.05, 4.69) is 21.3 Å². The lowest BCUT2D eigenvalue weighted by Gasteiger charge is -2.34. The minimum Gasteiger partial charge on any atom is -0.508 e. The number of carboxylic acid groups (broad SMARTS) is 1. The van der Waals surface area contributed by atoms with Crippen LogP contribution in [0.25, 0.3) is 0 Å². The number of hydrogen-bond donors (Lipinski definition) is 11. The molecular formula is C38H48N8O14S. The Morgan fingerprint density at radius 1 is 0.951 bits per heavy atom. The third-order valence-electron chi connectivity index (χ3n) is 9.62. The van der Waals surface area contributed by atoms with Gasteiger partial charge in [-0.3, -0.25) is 32.9 Å². The predicted octanol–water partition coefficient (Wildman–Crippen LogP) is -2.81. The number of H-pyrrole nitrogens is 1. The van der Waals surface area contributed by atoms with Crippen LogP contribution in [0.4, 0.5) is 4.79 Å². The molecule has 0 bridgehead atoms. The van der Waals surface area contributed by atoms with Crippen molar-refractivity contribution in [3.63, 3.8) is 0 Å². The van der Waals surface area contributed by atoms with E-state index in [4.69, 9.17) is 10.5 Å². The number of carbonyl (C=O) groups is 5. The number of nitrogens with two attached hydrogens (primary N) is 1. The molecule has 1 aliphatic heterocycles. The summed E-state index contributed by atoms with van der Waals surface area (Å²) in [7, 11) is -0.198. The highest BCUT2D eigenvalue weighted by Crippen LogP contribution is 2.30. The molecule has 1 saturated heterocycles. The molecule has 2 aromatic carbocycles. The van der Waals surface area contributed by atoms with Gasteiger partial charge in [-0.05, 0) is 55.2 Å². The molecule has 5 amide bonds. The number of rotatable bonds is 18. The number of urea groups is 1. The number of nitrogens with zero attached hydrogens (tertiary/aromatic N) is 2. The lowest BCUT2D eigenvalue weighted by atomic mass is 10.0. The Morgan fingerprint density at radius 3 is 2.13 bits per heavy atom. The van der Waals surface area contributed by atoms with Crippen LogP contribution in [0.3, 0.4) is 0 Å². The number of ether oxygens (including phenoxy) is 1. The summed E-state index contributed by atoms with van der Waals surface area (Å²) in [5.41, 5.74) is 5.41. The average Bonchev–Trinajstić information content (AvgIpc) is 3.47. The molecule has 2 heterocycles. The number of carboxylic acids is 1. The number of aliphatic hydroxyl groups is 2. The number of hydrogen-bond acceptors (Lipinski definition) is 14. The van der Waals surface area contributed by atoms with Crippen LogP contribution in [0.5, 0.6) is 11.5 Å². The molecule has 330 valence electrons. The zero-order valence-corrected chi connectivity index (χ0v) is 33.9. The van der Waals surface area contributed by atoms with Crippen molar-refractivity contribution in [2.24, 2.45) is 5.73 Å². The first-order valence-electron chi connectivity index (χ1n) is 18.6. The lowest BCUT2D eigenvalue weighted by molar-refractivity contribution is -0.139. The van der Waals surface area contributed by atoms with Crippen molar-refractivity contribution >= 4 is 40.5 Å². The van der Waals surface area contributed by atoms with E-state index >= 15 is 0 Å². The van der Waals surface area contributed by atoms with Crippen LogP contribution in [0.2, 0.25) is 0 Å². The van der Waals surface area contributed by atoms with Gasteiger partial charge in [0.2, 0.25) is 23.9 Å². The molecule has 4 rings (SSSR count). The van der Waals surface area contributed by atoms with Gasteiger partial charge < -0.3 is 62.2 Å². The fourth-order valence-electron chi connectivity index (χ4n) is 6.20. The van der Waals surface area contributed by atoms with Gasteiger partial charge in [0.25, 0.3) is 5.56 Å². The van der Waals surface area contributed by atoms with Crippen molar-refractivity contribution < 1.29 is 58.5 Å². The summed E-state index contributed by atoms with van der Waals surface area (Å²) in [4.78, 5) is 93.7. The van der Waals surface area contributed by atoms with Crippen LogP contribution < -0.4 is 38.2 Å². The Hall–Kier alpha value is -6.56. The van der Waals surface area contributed by atoms with Crippen LogP contribution >= 0.6 is 0 Å². The van der Waals surface area contributed by atoms with Crippen molar-refractivity contribution in [1.82, 2.24) is 35.7 Å². The highest BCUT2D eigenvalue weighted by Gasteiger charge is 2.42. The molecule has 1 unspecified atom stereocenters. The number of carbonyl (C=O) groups excluding carboxylic acids is 4. The molecule has 1 fully saturated rings. The van der Waals surface area contributed by atoms with Crippen LogP contribution in [-0.2, 0) is 47.6 Å². The fraction of sp³-hybridized carbons (Fsp3) is 0.395. The maximum atomic E-state index is 14.0. The van der Waals surface area contributed by atoms with Gasteiger partial charge in [-0.2, -0.15) is 0 Å². The molecule has 0 radical (unpaired) electrons. The van der Waals surface area contributed by atoms with Gasteiger partial charge in [-0.25, -0.2) is 14.4 Å². The van der Waals surface area contributed by atoms with E-state index in [1.54, 1.807) is 12.1 Å². The highest BCUT2D eigenvalue weighted by molar-refractivity contribution is 7.84. The zero-order valence-electron chi connectivity index (χ0n) is 33.1. The molecule has 1 aliphatic rings. The second kappa shape index (κ2) is 21.1. The van der Waals surface area contributed by atoms with E-state index in [0.29, 0.717) is 11.1 Å². The Balaban J connectivity index is 1.59. The molecular weight excluding hydrogens is 825 g/mol. The normalized spacial score (nSPS) is 19.6. The largest absolute Gasteiger partial charge is 0.508 e. The van der Waals surface area contributed by atoms with E-state index in [0.717, 1.165) is 27.9 Å². The Bertz CT molecular complexity index is 2270. The van der Waals surface area contributed by atoms with Crippen molar-refractivity contribution in [1.29, 1.82) is 0 Å². The molecule has 1 aromatic heterocycles. The lowest BCUT2D eigenvalue weighted by Crippen LogP contribution is -2.62. The molecule has 9 atom stereocenters. The third kappa shape index (κ3) is 13.0. The van der Waals surface area contributed by atoms with Gasteiger partial charge in [-0.15, -0.1) is 0 Å². The third-order valence-corrected chi connectivity index (χ3v) is 10.4. The molecule has 22 nitrogen and oxygen atoms in total. The zero-order chi connectivity index (χ0) is 45.1. The number of amides is 5. The number of phenols is 2. The minimum absolute atomic E-state index is 0.0330. The predicted molar refractivity (Wildman–Crippen MR) is 216 cm³/mol. The summed E-state index contributed by atoms with van der Waals surface area (Å²) in [5, 5.41) is 60.2. The molecule has 0 spiro atoms. The van der Waals surface area contributed by atoms with E-state index in [1.807, 2.05) is 4.98 Å². The smallest absolute Gasteiger partial charge is 0.331 e. The minimum atomic E-state index is -1.81. The number of aromatic hydroxyl groups is 2. The Morgan fingerprint density at radius 2 is 1.56 bits per heavy atom. The van der Waals surface area contributed by atoms with Gasteiger partial charge in [-0.1, -0.05) is 24.3 Å². The molecule has 23 heteroatoms. The summed E-state index contributed by atoms with van der Waals surface area (Å²) in [5.74, 6) is -4.99. The van der Waals surface area contributed by atoms with Crippen molar-refractivity contribution in [2.75, 3.05) is 19.1 Å². The van der Waals surface area contributed by atoms with Gasteiger partial charge >= 0.3 is 17.7 Å². The quantitative estimate of drug-likeness (QED) is 0.0615. The number of aliphatic carboxylic acids is 1. The van der Waals surface area contributed by atoms with E-state index in [9.17, 15) is 63.3 Å². The first-order valence-corrected chi connectivity index (χ1v) is 20.3. The highest BCUT2D eigenvalue weighted by atomic mass is 32.2. The maximum absolute atomic E-state index is 14.0. The van der Waals surface area contributed by atoms with Crippen molar-refractivity contribution in [3.05, 3.63) is 105 Å². The summed E-state index contributed by atoms with van der Waals surface area (Å²) in [6.07, 6.45) is -2.48. The van der Waals surface area contributed by atoms with Crippen molar-refractivity contribution in [2.45, 2.75) is 74.8 Å². The fourth-order valence-corrected chi connectivity index (χ4v) is 6.77. The van der Waals surface area contributed by atoms with E-state index in [-0.39, 0.29) is 36.5 Å². The summed E-state index contributed by atoms with van der Waals surface area (Å²) >= 11 is 0. The topological polar surface area (TPSA) is 345 Å². The summed E-state index contributed by atoms with van der Waals surface area (Å²) < 4.78 is 18.4.